The highest BCUT2D eigenvalue weighted by molar-refractivity contribution is 6.31. The molecule has 1 heterocycles. The van der Waals surface area contributed by atoms with E-state index in [0.717, 1.165) is 18.4 Å². The molecule has 0 amide bonds. The van der Waals surface area contributed by atoms with Gasteiger partial charge in [-0.25, -0.2) is 4.39 Å². The van der Waals surface area contributed by atoms with Gasteiger partial charge in [-0.2, -0.15) is 0 Å². The second kappa shape index (κ2) is 6.22. The summed E-state index contributed by atoms with van der Waals surface area (Å²) < 4.78 is 15.2. The van der Waals surface area contributed by atoms with Gasteiger partial charge in [-0.3, -0.25) is 0 Å². The number of benzene rings is 1. The summed E-state index contributed by atoms with van der Waals surface area (Å²) >= 11 is 6.06. The van der Waals surface area contributed by atoms with Gasteiger partial charge in [-0.05, 0) is 48.2 Å². The standard InChI is InChI=1S/C15H18ClFN2/c1-2-14(18)7-11-5-6-19(9-11)10-12-8-13(17)3-4-15(12)16/h3-6,8-9,14H,2,7,10,18H2,1H3. The average molecular weight is 281 g/mol. The Labute approximate surface area is 118 Å². The first-order valence-corrected chi connectivity index (χ1v) is 6.80. The lowest BCUT2D eigenvalue weighted by molar-refractivity contribution is 0.623. The van der Waals surface area contributed by atoms with Gasteiger partial charge < -0.3 is 10.3 Å². The fourth-order valence-corrected chi connectivity index (χ4v) is 2.20. The minimum Gasteiger partial charge on any atom is -0.350 e. The number of hydrogen-bond acceptors (Lipinski definition) is 1. The van der Waals surface area contributed by atoms with E-state index in [2.05, 4.69) is 6.92 Å². The van der Waals surface area contributed by atoms with E-state index < -0.39 is 0 Å². The monoisotopic (exact) mass is 280 g/mol. The van der Waals surface area contributed by atoms with Crippen molar-refractivity contribution in [1.82, 2.24) is 4.57 Å². The van der Waals surface area contributed by atoms with Crippen molar-refractivity contribution in [2.24, 2.45) is 5.73 Å². The molecule has 0 aliphatic heterocycles. The lowest BCUT2D eigenvalue weighted by Crippen LogP contribution is -2.21. The Balaban J connectivity index is 2.09. The molecule has 0 saturated carbocycles. The third kappa shape index (κ3) is 3.82. The summed E-state index contributed by atoms with van der Waals surface area (Å²) in [6.45, 7) is 2.64. The first kappa shape index (κ1) is 14.1. The smallest absolute Gasteiger partial charge is 0.123 e. The molecular formula is C15H18ClFN2. The zero-order valence-electron chi connectivity index (χ0n) is 10.9. The van der Waals surface area contributed by atoms with Crippen LogP contribution in [-0.2, 0) is 13.0 Å². The third-order valence-corrected chi connectivity index (χ3v) is 3.56. The minimum absolute atomic E-state index is 0.189. The minimum atomic E-state index is -0.264. The topological polar surface area (TPSA) is 30.9 Å². The van der Waals surface area contributed by atoms with Gasteiger partial charge in [-0.1, -0.05) is 18.5 Å². The molecule has 2 rings (SSSR count). The van der Waals surface area contributed by atoms with Gasteiger partial charge in [0.25, 0.3) is 0 Å². The van der Waals surface area contributed by atoms with E-state index in [1.807, 2.05) is 23.0 Å². The molecule has 2 N–H and O–H groups in total. The Morgan fingerprint density at radius 2 is 2.16 bits per heavy atom. The predicted octanol–water partition coefficient (Wildman–Crippen LogP) is 3.61. The van der Waals surface area contributed by atoms with Crippen LogP contribution in [0.15, 0.2) is 36.7 Å². The Morgan fingerprint density at radius 3 is 2.89 bits per heavy atom. The van der Waals surface area contributed by atoms with Crippen molar-refractivity contribution in [3.05, 3.63) is 58.6 Å². The highest BCUT2D eigenvalue weighted by Gasteiger charge is 2.06. The van der Waals surface area contributed by atoms with E-state index in [1.54, 1.807) is 6.07 Å². The van der Waals surface area contributed by atoms with Gasteiger partial charge in [0.05, 0.1) is 0 Å². The van der Waals surface area contributed by atoms with E-state index in [-0.39, 0.29) is 11.9 Å². The van der Waals surface area contributed by atoms with E-state index in [1.165, 1.54) is 17.7 Å². The molecule has 1 aromatic carbocycles. The van der Waals surface area contributed by atoms with E-state index in [9.17, 15) is 4.39 Å². The van der Waals surface area contributed by atoms with Crippen molar-refractivity contribution in [2.45, 2.75) is 32.4 Å². The SMILES string of the molecule is CCC(N)Cc1ccn(Cc2cc(F)ccc2Cl)c1. The first-order chi connectivity index (χ1) is 9.08. The molecular weight excluding hydrogens is 263 g/mol. The molecule has 2 aromatic rings. The summed E-state index contributed by atoms with van der Waals surface area (Å²) in [4.78, 5) is 0. The van der Waals surface area contributed by atoms with Crippen LogP contribution in [-0.4, -0.2) is 10.6 Å². The van der Waals surface area contributed by atoms with Crippen LogP contribution in [0.3, 0.4) is 0 Å². The van der Waals surface area contributed by atoms with E-state index >= 15 is 0 Å². The lowest BCUT2D eigenvalue weighted by atomic mass is 10.1. The molecule has 102 valence electrons. The molecule has 1 atom stereocenters. The summed E-state index contributed by atoms with van der Waals surface area (Å²) in [5.74, 6) is -0.264. The Kier molecular flexibility index (Phi) is 4.61. The first-order valence-electron chi connectivity index (χ1n) is 6.42. The van der Waals surface area contributed by atoms with E-state index in [4.69, 9.17) is 17.3 Å². The summed E-state index contributed by atoms with van der Waals surface area (Å²) in [5, 5.41) is 0.585. The molecule has 0 aliphatic rings. The zero-order valence-corrected chi connectivity index (χ0v) is 11.7. The van der Waals surface area contributed by atoms with Crippen LogP contribution in [0.1, 0.15) is 24.5 Å². The Hall–Kier alpha value is -1.32. The maximum Gasteiger partial charge on any atom is 0.123 e. The van der Waals surface area contributed by atoms with Gasteiger partial charge in [-0.15, -0.1) is 0 Å². The average Bonchev–Trinajstić information content (AvgIpc) is 2.81. The maximum atomic E-state index is 13.2. The van der Waals surface area contributed by atoms with Crippen LogP contribution in [0, 0.1) is 5.82 Å². The molecule has 0 fully saturated rings. The number of rotatable bonds is 5. The van der Waals surface area contributed by atoms with Crippen molar-refractivity contribution in [1.29, 1.82) is 0 Å². The number of hydrogen-bond donors (Lipinski definition) is 1. The summed E-state index contributed by atoms with van der Waals surface area (Å²) in [6.07, 6.45) is 5.83. The summed E-state index contributed by atoms with van der Waals surface area (Å²) in [7, 11) is 0. The van der Waals surface area contributed by atoms with Gasteiger partial charge in [0.2, 0.25) is 0 Å². The van der Waals surface area contributed by atoms with Gasteiger partial charge in [0, 0.05) is 30.0 Å². The zero-order chi connectivity index (χ0) is 13.8. The highest BCUT2D eigenvalue weighted by Crippen LogP contribution is 2.19. The van der Waals surface area contributed by atoms with E-state index in [0.29, 0.717) is 11.6 Å². The number of halogens is 2. The summed E-state index contributed by atoms with van der Waals surface area (Å²) in [5.41, 5.74) is 7.91. The largest absolute Gasteiger partial charge is 0.350 e. The normalized spacial score (nSPS) is 12.6. The molecule has 4 heteroatoms. The van der Waals surface area contributed by atoms with Crippen LogP contribution >= 0.6 is 11.6 Å². The highest BCUT2D eigenvalue weighted by atomic mass is 35.5. The van der Waals surface area contributed by atoms with Gasteiger partial charge >= 0.3 is 0 Å². The van der Waals surface area contributed by atoms with Crippen LogP contribution in [0.25, 0.3) is 0 Å². The van der Waals surface area contributed by atoms with Gasteiger partial charge in [0.1, 0.15) is 5.82 Å². The molecule has 2 nitrogen and oxygen atoms in total. The molecule has 0 spiro atoms. The van der Waals surface area contributed by atoms with Crippen LogP contribution in [0.2, 0.25) is 5.02 Å². The Bertz CT molecular complexity index is 551. The maximum absolute atomic E-state index is 13.2. The second-order valence-corrected chi connectivity index (χ2v) is 5.21. The molecule has 19 heavy (non-hydrogen) atoms. The summed E-state index contributed by atoms with van der Waals surface area (Å²) in [6, 6.07) is 6.66. The molecule has 0 aliphatic carbocycles. The molecule has 1 unspecified atom stereocenters. The molecule has 0 saturated heterocycles. The van der Waals surface area contributed by atoms with Crippen LogP contribution in [0.5, 0.6) is 0 Å². The van der Waals surface area contributed by atoms with Gasteiger partial charge in [0.15, 0.2) is 0 Å². The fourth-order valence-electron chi connectivity index (χ4n) is 2.02. The van der Waals surface area contributed by atoms with Crippen molar-refractivity contribution >= 4 is 11.6 Å². The third-order valence-electron chi connectivity index (χ3n) is 3.19. The molecule has 0 bridgehead atoms. The predicted molar refractivity (Wildman–Crippen MR) is 76.9 cm³/mol. The number of nitrogens with two attached hydrogens (primary N) is 1. The van der Waals surface area contributed by atoms with Crippen molar-refractivity contribution in [2.75, 3.05) is 0 Å². The number of nitrogens with zero attached hydrogens (tertiary/aromatic N) is 1. The second-order valence-electron chi connectivity index (χ2n) is 4.80. The van der Waals surface area contributed by atoms with Crippen LogP contribution < -0.4 is 5.73 Å². The van der Waals surface area contributed by atoms with Crippen molar-refractivity contribution < 1.29 is 4.39 Å². The van der Waals surface area contributed by atoms with Crippen molar-refractivity contribution in [3.8, 4) is 0 Å². The molecule has 0 radical (unpaired) electrons. The fraction of sp³-hybridized carbons (Fsp3) is 0.333. The Morgan fingerprint density at radius 1 is 1.37 bits per heavy atom. The lowest BCUT2D eigenvalue weighted by Gasteiger charge is -2.07. The van der Waals surface area contributed by atoms with Crippen LogP contribution in [0.4, 0.5) is 4.39 Å². The molecule has 1 aromatic heterocycles. The quantitative estimate of drug-likeness (QED) is 0.891. The number of aromatic nitrogens is 1. The van der Waals surface area contributed by atoms with Crippen molar-refractivity contribution in [3.63, 3.8) is 0 Å².